The summed E-state index contributed by atoms with van der Waals surface area (Å²) in [6.45, 7) is 2.23. The first kappa shape index (κ1) is 12.8. The second kappa shape index (κ2) is 5.17. The molecule has 3 unspecified atom stereocenters. The summed E-state index contributed by atoms with van der Waals surface area (Å²) in [4.78, 5) is 10.8. The number of nitrogens with one attached hydrogen (secondary N) is 1. The first-order chi connectivity index (χ1) is 6.70. The summed E-state index contributed by atoms with van der Waals surface area (Å²) in [7, 11) is 0. The molecule has 0 aromatic heterocycles. The Balaban J connectivity index is 0.00000112. The molecule has 2 rings (SSSR count). The monoisotopic (exact) mass is 233 g/mol. The highest BCUT2D eigenvalue weighted by molar-refractivity contribution is 5.85. The fraction of sp³-hybridized carbons (Fsp3) is 0.909. The largest absolute Gasteiger partial charge is 0.480 e. The van der Waals surface area contributed by atoms with Gasteiger partial charge in [0.1, 0.15) is 6.04 Å². The van der Waals surface area contributed by atoms with Gasteiger partial charge < -0.3 is 10.4 Å². The molecule has 0 amide bonds. The minimum absolute atomic E-state index is 0. The third-order valence-corrected chi connectivity index (χ3v) is 3.93. The minimum atomic E-state index is -0.674. The van der Waals surface area contributed by atoms with Gasteiger partial charge in [0.2, 0.25) is 0 Å². The maximum Gasteiger partial charge on any atom is 0.320 e. The van der Waals surface area contributed by atoms with Gasteiger partial charge in [-0.2, -0.15) is 0 Å². The fourth-order valence-corrected chi connectivity index (χ4v) is 2.98. The maximum atomic E-state index is 10.8. The summed E-state index contributed by atoms with van der Waals surface area (Å²) in [6.07, 6.45) is 5.79. The van der Waals surface area contributed by atoms with E-state index in [4.69, 9.17) is 5.11 Å². The van der Waals surface area contributed by atoms with E-state index in [2.05, 4.69) is 12.2 Å². The Bertz CT molecular complexity index is 235. The van der Waals surface area contributed by atoms with E-state index >= 15 is 0 Å². The van der Waals surface area contributed by atoms with E-state index < -0.39 is 5.97 Å². The number of carbonyl (C=O) groups is 1. The van der Waals surface area contributed by atoms with Crippen LogP contribution >= 0.6 is 12.4 Å². The Kier molecular flexibility index (Phi) is 4.41. The van der Waals surface area contributed by atoms with Gasteiger partial charge in [0, 0.05) is 6.04 Å². The van der Waals surface area contributed by atoms with E-state index in [-0.39, 0.29) is 18.4 Å². The molecule has 0 spiro atoms. The van der Waals surface area contributed by atoms with E-state index in [0.29, 0.717) is 12.0 Å². The van der Waals surface area contributed by atoms with Crippen LogP contribution in [0.2, 0.25) is 0 Å². The normalized spacial score (nSPS) is 39.3. The molecule has 0 aromatic rings. The fourth-order valence-electron chi connectivity index (χ4n) is 2.98. The van der Waals surface area contributed by atoms with Crippen LogP contribution in [0.15, 0.2) is 0 Å². The van der Waals surface area contributed by atoms with Gasteiger partial charge in [-0.1, -0.05) is 19.8 Å². The first-order valence-corrected chi connectivity index (χ1v) is 5.69. The van der Waals surface area contributed by atoms with Gasteiger partial charge in [0.05, 0.1) is 0 Å². The number of hydrogen-bond donors (Lipinski definition) is 2. The smallest absolute Gasteiger partial charge is 0.320 e. The van der Waals surface area contributed by atoms with Gasteiger partial charge in [0.15, 0.2) is 0 Å². The van der Waals surface area contributed by atoms with Gasteiger partial charge in [0.25, 0.3) is 0 Å². The van der Waals surface area contributed by atoms with Crippen LogP contribution in [0.3, 0.4) is 0 Å². The number of aliphatic carboxylic acids is 1. The third-order valence-electron chi connectivity index (χ3n) is 3.93. The SMILES string of the molecule is CCC1CCC2CC(C(=O)O)N[C@@H]2C1.Cl. The van der Waals surface area contributed by atoms with Gasteiger partial charge in [-0.15, -0.1) is 12.4 Å². The van der Waals surface area contributed by atoms with Crippen molar-refractivity contribution in [2.24, 2.45) is 11.8 Å². The molecular formula is C11H20ClNO2. The third kappa shape index (κ3) is 2.64. The van der Waals surface area contributed by atoms with Crippen molar-refractivity contribution in [1.29, 1.82) is 0 Å². The molecule has 2 fully saturated rings. The summed E-state index contributed by atoms with van der Waals surface area (Å²) in [6, 6.07) is 0.204. The van der Waals surface area contributed by atoms with E-state index in [1.807, 2.05) is 0 Å². The van der Waals surface area contributed by atoms with Crippen molar-refractivity contribution < 1.29 is 9.90 Å². The molecule has 3 nitrogen and oxygen atoms in total. The van der Waals surface area contributed by atoms with Gasteiger partial charge >= 0.3 is 5.97 Å². The summed E-state index contributed by atoms with van der Waals surface area (Å²) in [5, 5.41) is 12.2. The molecule has 15 heavy (non-hydrogen) atoms. The lowest BCUT2D eigenvalue weighted by atomic mass is 9.78. The van der Waals surface area contributed by atoms with E-state index in [1.54, 1.807) is 0 Å². The van der Waals surface area contributed by atoms with Crippen molar-refractivity contribution in [3.8, 4) is 0 Å². The Morgan fingerprint density at radius 3 is 2.73 bits per heavy atom. The lowest BCUT2D eigenvalue weighted by Gasteiger charge is -2.30. The molecule has 1 heterocycles. The molecule has 4 heteroatoms. The van der Waals surface area contributed by atoms with Crippen molar-refractivity contribution in [2.45, 2.75) is 51.1 Å². The summed E-state index contributed by atoms with van der Waals surface area (Å²) in [5.41, 5.74) is 0. The van der Waals surface area contributed by atoms with Crippen molar-refractivity contribution in [3.63, 3.8) is 0 Å². The molecule has 0 aromatic carbocycles. The van der Waals surface area contributed by atoms with Gasteiger partial charge in [-0.25, -0.2) is 0 Å². The lowest BCUT2D eigenvalue weighted by Crippen LogP contribution is -2.38. The van der Waals surface area contributed by atoms with Crippen molar-refractivity contribution in [3.05, 3.63) is 0 Å². The molecule has 4 atom stereocenters. The lowest BCUT2D eigenvalue weighted by molar-refractivity contribution is -0.139. The van der Waals surface area contributed by atoms with E-state index in [0.717, 1.165) is 12.3 Å². The predicted molar refractivity (Wildman–Crippen MR) is 61.3 cm³/mol. The van der Waals surface area contributed by atoms with Crippen LogP contribution in [0.1, 0.15) is 39.0 Å². The standard InChI is InChI=1S/C11H19NO2.ClH/c1-2-7-3-4-8-6-10(11(13)14)12-9(8)5-7;/h7-10,12H,2-6H2,1H3,(H,13,14);1H/t7?,8?,9-,10?;/m1./s1. The number of carboxylic acid groups (broad SMARTS) is 1. The molecule has 88 valence electrons. The van der Waals surface area contributed by atoms with Crippen LogP contribution < -0.4 is 5.32 Å². The molecular weight excluding hydrogens is 214 g/mol. The number of halogens is 1. The number of fused-ring (bicyclic) bond motifs is 1. The van der Waals surface area contributed by atoms with Crippen LogP contribution in [0.5, 0.6) is 0 Å². The van der Waals surface area contributed by atoms with Crippen LogP contribution in [-0.4, -0.2) is 23.2 Å². The summed E-state index contributed by atoms with van der Waals surface area (Å²) in [5.74, 6) is 0.766. The number of rotatable bonds is 2. The Morgan fingerprint density at radius 1 is 1.40 bits per heavy atom. The highest BCUT2D eigenvalue weighted by Gasteiger charge is 2.40. The molecule has 1 aliphatic heterocycles. The zero-order valence-corrected chi connectivity index (χ0v) is 9.93. The van der Waals surface area contributed by atoms with Crippen molar-refractivity contribution in [1.82, 2.24) is 5.32 Å². The number of hydrogen-bond acceptors (Lipinski definition) is 2. The highest BCUT2D eigenvalue weighted by atomic mass is 35.5. The van der Waals surface area contributed by atoms with Gasteiger partial charge in [-0.05, 0) is 31.1 Å². The molecule has 0 bridgehead atoms. The van der Waals surface area contributed by atoms with Crippen molar-refractivity contribution in [2.75, 3.05) is 0 Å². The Hall–Kier alpha value is -0.280. The molecule has 2 aliphatic rings. The average Bonchev–Trinajstić information content (AvgIpc) is 2.59. The topological polar surface area (TPSA) is 49.3 Å². The van der Waals surface area contributed by atoms with Crippen LogP contribution in [0.25, 0.3) is 0 Å². The van der Waals surface area contributed by atoms with E-state index in [1.165, 1.54) is 25.7 Å². The average molecular weight is 234 g/mol. The van der Waals surface area contributed by atoms with Crippen LogP contribution in [0.4, 0.5) is 0 Å². The van der Waals surface area contributed by atoms with Crippen LogP contribution in [0, 0.1) is 11.8 Å². The second-order valence-corrected chi connectivity index (χ2v) is 4.75. The molecule has 1 saturated carbocycles. The number of carboxylic acids is 1. The second-order valence-electron chi connectivity index (χ2n) is 4.75. The maximum absolute atomic E-state index is 10.8. The predicted octanol–water partition coefficient (Wildman–Crippen LogP) is 2.05. The molecule has 0 radical (unpaired) electrons. The van der Waals surface area contributed by atoms with Gasteiger partial charge in [-0.3, -0.25) is 4.79 Å². The zero-order chi connectivity index (χ0) is 10.1. The van der Waals surface area contributed by atoms with Crippen molar-refractivity contribution >= 4 is 18.4 Å². The molecule has 1 aliphatic carbocycles. The molecule has 2 N–H and O–H groups in total. The summed E-state index contributed by atoms with van der Waals surface area (Å²) >= 11 is 0. The minimum Gasteiger partial charge on any atom is -0.480 e. The highest BCUT2D eigenvalue weighted by Crippen LogP contribution is 2.37. The summed E-state index contributed by atoms with van der Waals surface area (Å²) < 4.78 is 0. The van der Waals surface area contributed by atoms with Crippen LogP contribution in [-0.2, 0) is 4.79 Å². The van der Waals surface area contributed by atoms with E-state index in [9.17, 15) is 4.79 Å². The molecule has 1 saturated heterocycles. The Morgan fingerprint density at radius 2 is 2.13 bits per heavy atom. The quantitative estimate of drug-likeness (QED) is 0.768. The zero-order valence-electron chi connectivity index (χ0n) is 9.11. The Labute approximate surface area is 97.0 Å². The first-order valence-electron chi connectivity index (χ1n) is 5.69.